The molecule has 1 N–H and O–H groups in total. The first-order chi connectivity index (χ1) is 7.54. The van der Waals surface area contributed by atoms with Gasteiger partial charge in [0.05, 0.1) is 0 Å². The number of nitrogens with zero attached hydrogens (tertiary/aromatic N) is 2. The molecule has 0 spiro atoms. The molecule has 0 unspecified atom stereocenters. The van der Waals surface area contributed by atoms with Crippen LogP contribution < -0.4 is 5.56 Å². The minimum absolute atomic E-state index is 0.0252. The summed E-state index contributed by atoms with van der Waals surface area (Å²) in [4.78, 5) is 16.7. The van der Waals surface area contributed by atoms with Crippen molar-refractivity contribution in [2.24, 2.45) is 0 Å². The quantitative estimate of drug-likeness (QED) is 0.840. The van der Waals surface area contributed by atoms with Gasteiger partial charge in [0.15, 0.2) is 5.65 Å². The third-order valence-electron chi connectivity index (χ3n) is 2.85. The summed E-state index contributed by atoms with van der Waals surface area (Å²) < 4.78 is 1.54. The van der Waals surface area contributed by atoms with Gasteiger partial charge in [0.25, 0.3) is 5.56 Å². The highest BCUT2D eigenvalue weighted by atomic mass is 16.1. The number of aromatic amines is 1. The first-order valence-electron chi connectivity index (χ1n) is 5.65. The van der Waals surface area contributed by atoms with Crippen molar-refractivity contribution in [3.8, 4) is 0 Å². The summed E-state index contributed by atoms with van der Waals surface area (Å²) in [6, 6.07) is 1.93. The van der Waals surface area contributed by atoms with Crippen LogP contribution in [0.1, 0.15) is 43.6 Å². The van der Waals surface area contributed by atoms with E-state index in [0.29, 0.717) is 5.65 Å². The highest BCUT2D eigenvalue weighted by Crippen LogP contribution is 2.14. The Morgan fingerprint density at radius 2 is 2.19 bits per heavy atom. The fourth-order valence-corrected chi connectivity index (χ4v) is 2.04. The van der Waals surface area contributed by atoms with Gasteiger partial charge in [0, 0.05) is 23.0 Å². The highest BCUT2D eigenvalue weighted by Gasteiger charge is 2.14. The van der Waals surface area contributed by atoms with Crippen molar-refractivity contribution < 1.29 is 0 Å². The molecule has 86 valence electrons. The average molecular weight is 219 g/mol. The van der Waals surface area contributed by atoms with E-state index in [1.807, 2.05) is 33.8 Å². The standard InChI is InChI=1S/C12H17N3O/c1-5-9-6-10-13-8(4)11(7(2)3)12(16)15(10)14-9/h6-7,14H,5H2,1-4H3. The highest BCUT2D eigenvalue weighted by molar-refractivity contribution is 5.42. The lowest BCUT2D eigenvalue weighted by atomic mass is 10.0. The van der Waals surface area contributed by atoms with Crippen molar-refractivity contribution in [1.29, 1.82) is 0 Å². The fourth-order valence-electron chi connectivity index (χ4n) is 2.04. The summed E-state index contributed by atoms with van der Waals surface area (Å²) in [5.74, 6) is 0.199. The zero-order valence-corrected chi connectivity index (χ0v) is 10.2. The van der Waals surface area contributed by atoms with Crippen molar-refractivity contribution in [3.05, 3.63) is 33.4 Å². The van der Waals surface area contributed by atoms with Crippen LogP contribution in [0.4, 0.5) is 0 Å². The smallest absolute Gasteiger partial charge is 0.276 e. The van der Waals surface area contributed by atoms with Crippen LogP contribution in [0, 0.1) is 6.92 Å². The van der Waals surface area contributed by atoms with Crippen LogP contribution in [0.5, 0.6) is 0 Å². The van der Waals surface area contributed by atoms with E-state index in [2.05, 4.69) is 10.1 Å². The zero-order valence-electron chi connectivity index (χ0n) is 10.2. The molecule has 4 heteroatoms. The van der Waals surface area contributed by atoms with Gasteiger partial charge in [-0.05, 0) is 19.3 Å². The lowest BCUT2D eigenvalue weighted by molar-refractivity contribution is 0.771. The van der Waals surface area contributed by atoms with E-state index < -0.39 is 0 Å². The van der Waals surface area contributed by atoms with E-state index in [9.17, 15) is 4.79 Å². The first kappa shape index (κ1) is 10.9. The second kappa shape index (κ2) is 3.77. The Hall–Kier alpha value is -1.58. The predicted octanol–water partition coefficient (Wildman–Crippen LogP) is 2.02. The summed E-state index contributed by atoms with van der Waals surface area (Å²) in [6.45, 7) is 7.98. The topological polar surface area (TPSA) is 50.2 Å². The molecule has 0 aliphatic heterocycles. The monoisotopic (exact) mass is 219 g/mol. The van der Waals surface area contributed by atoms with Crippen LogP contribution in [0.2, 0.25) is 0 Å². The Balaban J connectivity index is 2.82. The van der Waals surface area contributed by atoms with Gasteiger partial charge in [0.1, 0.15) is 0 Å². The third-order valence-corrected chi connectivity index (χ3v) is 2.85. The molecular formula is C12H17N3O. The molecule has 0 saturated carbocycles. The van der Waals surface area contributed by atoms with Gasteiger partial charge in [-0.15, -0.1) is 0 Å². The minimum Gasteiger partial charge on any atom is -0.294 e. The number of H-pyrrole nitrogens is 1. The molecule has 0 saturated heterocycles. The second-order valence-corrected chi connectivity index (χ2v) is 4.40. The fraction of sp³-hybridized carbons (Fsp3) is 0.500. The van der Waals surface area contributed by atoms with E-state index in [1.165, 1.54) is 0 Å². The lowest BCUT2D eigenvalue weighted by Gasteiger charge is -2.07. The second-order valence-electron chi connectivity index (χ2n) is 4.40. The van der Waals surface area contributed by atoms with E-state index in [1.54, 1.807) is 4.52 Å². The maximum absolute atomic E-state index is 12.2. The summed E-state index contributed by atoms with van der Waals surface area (Å²) in [5, 5.41) is 3.08. The molecule has 2 heterocycles. The van der Waals surface area contributed by atoms with Crippen molar-refractivity contribution in [2.75, 3.05) is 0 Å². The lowest BCUT2D eigenvalue weighted by Crippen LogP contribution is -2.22. The number of aromatic nitrogens is 3. The number of hydrogen-bond acceptors (Lipinski definition) is 2. The first-order valence-corrected chi connectivity index (χ1v) is 5.65. The van der Waals surface area contributed by atoms with Gasteiger partial charge in [-0.25, -0.2) is 9.50 Å². The molecular weight excluding hydrogens is 202 g/mol. The van der Waals surface area contributed by atoms with Crippen LogP contribution in [0.15, 0.2) is 10.9 Å². The number of hydrogen-bond donors (Lipinski definition) is 1. The molecule has 0 radical (unpaired) electrons. The molecule has 4 nitrogen and oxygen atoms in total. The van der Waals surface area contributed by atoms with Crippen molar-refractivity contribution in [3.63, 3.8) is 0 Å². The molecule has 2 aromatic heterocycles. The van der Waals surface area contributed by atoms with Crippen LogP contribution >= 0.6 is 0 Å². The van der Waals surface area contributed by atoms with Gasteiger partial charge < -0.3 is 0 Å². The molecule has 2 rings (SSSR count). The van der Waals surface area contributed by atoms with Crippen LogP contribution in [-0.4, -0.2) is 14.6 Å². The Kier molecular flexibility index (Phi) is 2.58. The van der Waals surface area contributed by atoms with Gasteiger partial charge in [-0.1, -0.05) is 20.8 Å². The summed E-state index contributed by atoms with van der Waals surface area (Å²) in [5.41, 5.74) is 3.40. The third kappa shape index (κ3) is 1.54. The van der Waals surface area contributed by atoms with Gasteiger partial charge in [-0.3, -0.25) is 9.89 Å². The Morgan fingerprint density at radius 3 is 2.75 bits per heavy atom. The number of aryl methyl sites for hydroxylation is 2. The normalized spacial score (nSPS) is 11.6. The minimum atomic E-state index is 0.0252. The van der Waals surface area contributed by atoms with Gasteiger partial charge in [0.2, 0.25) is 0 Å². The summed E-state index contributed by atoms with van der Waals surface area (Å²) >= 11 is 0. The Labute approximate surface area is 94.3 Å². The molecule has 16 heavy (non-hydrogen) atoms. The maximum Gasteiger partial charge on any atom is 0.276 e. The SMILES string of the molecule is CCc1cc2nc(C)c(C(C)C)c(=O)n2[nH]1. The predicted molar refractivity (Wildman–Crippen MR) is 64.0 cm³/mol. The van der Waals surface area contributed by atoms with Gasteiger partial charge in [-0.2, -0.15) is 0 Å². The van der Waals surface area contributed by atoms with E-state index in [0.717, 1.165) is 23.4 Å². The average Bonchev–Trinajstić information content (AvgIpc) is 2.60. The van der Waals surface area contributed by atoms with Crippen LogP contribution in [0.25, 0.3) is 5.65 Å². The molecule has 0 atom stereocenters. The Morgan fingerprint density at radius 1 is 1.50 bits per heavy atom. The van der Waals surface area contributed by atoms with Crippen LogP contribution in [0.3, 0.4) is 0 Å². The summed E-state index contributed by atoms with van der Waals surface area (Å²) in [7, 11) is 0. The molecule has 0 fully saturated rings. The molecule has 0 aliphatic carbocycles. The zero-order chi connectivity index (χ0) is 11.9. The van der Waals surface area contributed by atoms with Crippen LogP contribution in [-0.2, 0) is 6.42 Å². The van der Waals surface area contributed by atoms with Crippen molar-refractivity contribution in [1.82, 2.24) is 14.6 Å². The van der Waals surface area contributed by atoms with Crippen molar-refractivity contribution >= 4 is 5.65 Å². The van der Waals surface area contributed by atoms with E-state index in [4.69, 9.17) is 0 Å². The van der Waals surface area contributed by atoms with Crippen molar-refractivity contribution in [2.45, 2.75) is 40.0 Å². The Bertz CT molecular complexity index is 578. The van der Waals surface area contributed by atoms with Gasteiger partial charge >= 0.3 is 0 Å². The number of rotatable bonds is 2. The maximum atomic E-state index is 12.2. The molecule has 0 aromatic carbocycles. The molecule has 0 amide bonds. The molecule has 0 aliphatic rings. The van der Waals surface area contributed by atoms with E-state index in [-0.39, 0.29) is 11.5 Å². The summed E-state index contributed by atoms with van der Waals surface area (Å²) in [6.07, 6.45) is 0.874. The number of fused-ring (bicyclic) bond motifs is 1. The molecule has 0 bridgehead atoms. The molecule has 2 aromatic rings. The number of nitrogens with one attached hydrogen (secondary N) is 1. The van der Waals surface area contributed by atoms with E-state index >= 15 is 0 Å². The largest absolute Gasteiger partial charge is 0.294 e.